The Bertz CT molecular complexity index is 597. The molecule has 21 heavy (non-hydrogen) atoms. The molecule has 2 fully saturated rings. The summed E-state index contributed by atoms with van der Waals surface area (Å²) in [7, 11) is -3.10. The number of rotatable bonds is 3. The predicted octanol–water partition coefficient (Wildman–Crippen LogP) is 1.65. The van der Waals surface area contributed by atoms with Crippen molar-refractivity contribution in [1.29, 1.82) is 0 Å². The van der Waals surface area contributed by atoms with Gasteiger partial charge in [-0.05, 0) is 42.4 Å². The number of nitrogens with two attached hydrogens (primary N) is 1. The van der Waals surface area contributed by atoms with Crippen LogP contribution in [0.25, 0.3) is 0 Å². The second kappa shape index (κ2) is 5.71. The van der Waals surface area contributed by atoms with E-state index in [4.69, 9.17) is 5.73 Å². The van der Waals surface area contributed by atoms with Gasteiger partial charge in [0.25, 0.3) is 0 Å². The first kappa shape index (κ1) is 15.0. The molecule has 3 unspecified atom stereocenters. The molecule has 1 aliphatic heterocycles. The van der Waals surface area contributed by atoms with Gasteiger partial charge in [-0.2, -0.15) is 0 Å². The summed E-state index contributed by atoms with van der Waals surface area (Å²) in [5.74, 6) is 1.40. The van der Waals surface area contributed by atoms with Crippen LogP contribution < -0.4 is 5.73 Å². The molecule has 2 aliphatic rings. The van der Waals surface area contributed by atoms with E-state index >= 15 is 0 Å². The van der Waals surface area contributed by atoms with Crippen LogP contribution in [-0.2, 0) is 16.4 Å². The average Bonchev–Trinajstić information content (AvgIpc) is 2.82. The predicted molar refractivity (Wildman–Crippen MR) is 83.6 cm³/mol. The molecule has 0 aromatic heterocycles. The highest BCUT2D eigenvalue weighted by atomic mass is 32.2. The van der Waals surface area contributed by atoms with E-state index in [1.165, 1.54) is 24.7 Å². The molecule has 5 heteroatoms. The number of hydrogen-bond acceptors (Lipinski definition) is 4. The summed E-state index contributed by atoms with van der Waals surface area (Å²) in [6.07, 6.45) is 4.98. The Kier molecular flexibility index (Phi) is 4.08. The van der Waals surface area contributed by atoms with Gasteiger partial charge in [-0.15, -0.1) is 0 Å². The molecule has 2 N–H and O–H groups in total. The lowest BCUT2D eigenvalue weighted by Gasteiger charge is -2.29. The zero-order valence-electron chi connectivity index (χ0n) is 12.5. The molecule has 0 radical (unpaired) electrons. The van der Waals surface area contributed by atoms with Crippen molar-refractivity contribution in [3.8, 4) is 0 Å². The molecular formula is C16H24N2O2S. The van der Waals surface area contributed by atoms with Gasteiger partial charge >= 0.3 is 0 Å². The van der Waals surface area contributed by atoms with Gasteiger partial charge in [0.2, 0.25) is 0 Å². The zero-order chi connectivity index (χ0) is 15.0. The number of benzene rings is 1. The van der Waals surface area contributed by atoms with Crippen LogP contribution in [0.3, 0.4) is 0 Å². The highest BCUT2D eigenvalue weighted by Crippen LogP contribution is 2.36. The number of hydrogen-bond donors (Lipinski definition) is 1. The van der Waals surface area contributed by atoms with Crippen molar-refractivity contribution in [1.82, 2.24) is 4.90 Å². The maximum atomic E-state index is 11.5. The van der Waals surface area contributed by atoms with Gasteiger partial charge in [0.05, 0.1) is 4.90 Å². The van der Waals surface area contributed by atoms with Gasteiger partial charge in [-0.1, -0.05) is 18.6 Å². The molecule has 1 aliphatic carbocycles. The van der Waals surface area contributed by atoms with Crippen LogP contribution in [0.4, 0.5) is 0 Å². The van der Waals surface area contributed by atoms with E-state index in [0.29, 0.717) is 16.9 Å². The molecule has 0 spiro atoms. The third kappa shape index (κ3) is 3.30. The minimum Gasteiger partial charge on any atom is -0.327 e. The van der Waals surface area contributed by atoms with Gasteiger partial charge in [0, 0.05) is 31.9 Å². The Balaban J connectivity index is 1.65. The van der Waals surface area contributed by atoms with Crippen LogP contribution in [0.1, 0.15) is 24.8 Å². The van der Waals surface area contributed by atoms with Crippen molar-refractivity contribution >= 4 is 9.84 Å². The topological polar surface area (TPSA) is 63.4 Å². The summed E-state index contributed by atoms with van der Waals surface area (Å²) < 4.78 is 22.9. The van der Waals surface area contributed by atoms with E-state index in [9.17, 15) is 8.42 Å². The Morgan fingerprint density at radius 3 is 2.52 bits per heavy atom. The minimum atomic E-state index is -3.10. The fourth-order valence-electron chi connectivity index (χ4n) is 3.84. The maximum absolute atomic E-state index is 11.5. The summed E-state index contributed by atoms with van der Waals surface area (Å²) in [6.45, 7) is 3.11. The van der Waals surface area contributed by atoms with Crippen molar-refractivity contribution in [3.63, 3.8) is 0 Å². The minimum absolute atomic E-state index is 0.362. The van der Waals surface area contributed by atoms with E-state index < -0.39 is 9.84 Å². The van der Waals surface area contributed by atoms with Gasteiger partial charge in [-0.3, -0.25) is 4.90 Å². The number of nitrogens with zero attached hydrogens (tertiary/aromatic N) is 1. The SMILES string of the molecule is CS(=O)(=O)c1ccc(CN2CC3CCCC(N)C3C2)cc1. The maximum Gasteiger partial charge on any atom is 0.175 e. The van der Waals surface area contributed by atoms with Crippen LogP contribution in [0.5, 0.6) is 0 Å². The molecular weight excluding hydrogens is 284 g/mol. The lowest BCUT2D eigenvalue weighted by molar-refractivity contribution is 0.259. The van der Waals surface area contributed by atoms with Crippen LogP contribution >= 0.6 is 0 Å². The molecule has 0 bridgehead atoms. The molecule has 3 rings (SSSR count). The fourth-order valence-corrected chi connectivity index (χ4v) is 4.47. The van der Waals surface area contributed by atoms with Crippen LogP contribution in [0.15, 0.2) is 29.2 Å². The summed E-state index contributed by atoms with van der Waals surface area (Å²) in [5, 5.41) is 0. The summed E-state index contributed by atoms with van der Waals surface area (Å²) >= 11 is 0. The molecule has 1 heterocycles. The highest BCUT2D eigenvalue weighted by Gasteiger charge is 2.38. The Labute approximate surface area is 127 Å². The molecule has 0 amide bonds. The highest BCUT2D eigenvalue weighted by molar-refractivity contribution is 7.90. The average molecular weight is 308 g/mol. The summed E-state index contributed by atoms with van der Waals surface area (Å²) in [4.78, 5) is 2.86. The van der Waals surface area contributed by atoms with Crippen molar-refractivity contribution in [2.45, 2.75) is 36.7 Å². The third-order valence-corrected chi connectivity index (χ3v) is 6.12. The summed E-state index contributed by atoms with van der Waals surface area (Å²) in [5.41, 5.74) is 7.43. The molecule has 3 atom stereocenters. The first-order valence-corrected chi connectivity index (χ1v) is 9.59. The van der Waals surface area contributed by atoms with E-state index in [-0.39, 0.29) is 0 Å². The normalized spacial score (nSPS) is 30.3. The zero-order valence-corrected chi connectivity index (χ0v) is 13.3. The Morgan fingerprint density at radius 1 is 1.19 bits per heavy atom. The number of likely N-dealkylation sites (tertiary alicyclic amines) is 1. The van der Waals surface area contributed by atoms with Crippen LogP contribution in [0, 0.1) is 11.8 Å². The third-order valence-electron chi connectivity index (χ3n) is 4.99. The lowest BCUT2D eigenvalue weighted by Crippen LogP contribution is -2.38. The van der Waals surface area contributed by atoms with Crippen LogP contribution in [-0.4, -0.2) is 38.7 Å². The van der Waals surface area contributed by atoms with E-state index in [1.807, 2.05) is 12.1 Å². The largest absolute Gasteiger partial charge is 0.327 e. The Hall–Kier alpha value is -0.910. The molecule has 1 saturated carbocycles. The molecule has 1 saturated heterocycles. The number of fused-ring (bicyclic) bond motifs is 1. The van der Waals surface area contributed by atoms with Gasteiger partial charge < -0.3 is 5.73 Å². The van der Waals surface area contributed by atoms with Crippen molar-refractivity contribution in [3.05, 3.63) is 29.8 Å². The van der Waals surface area contributed by atoms with E-state index in [0.717, 1.165) is 32.0 Å². The molecule has 1 aromatic carbocycles. The van der Waals surface area contributed by atoms with Crippen molar-refractivity contribution in [2.24, 2.45) is 17.6 Å². The first-order valence-electron chi connectivity index (χ1n) is 7.70. The van der Waals surface area contributed by atoms with Gasteiger partial charge in [0.15, 0.2) is 9.84 Å². The smallest absolute Gasteiger partial charge is 0.175 e. The van der Waals surface area contributed by atoms with Crippen molar-refractivity contribution < 1.29 is 8.42 Å². The number of sulfone groups is 1. The second-order valence-electron chi connectivity index (χ2n) is 6.63. The Morgan fingerprint density at radius 2 is 1.90 bits per heavy atom. The second-order valence-corrected chi connectivity index (χ2v) is 8.64. The van der Waals surface area contributed by atoms with E-state index in [2.05, 4.69) is 4.90 Å². The van der Waals surface area contributed by atoms with E-state index in [1.54, 1.807) is 12.1 Å². The monoisotopic (exact) mass is 308 g/mol. The van der Waals surface area contributed by atoms with Crippen LogP contribution in [0.2, 0.25) is 0 Å². The van der Waals surface area contributed by atoms with Crippen molar-refractivity contribution in [2.75, 3.05) is 19.3 Å². The molecule has 1 aromatic rings. The standard InChI is InChI=1S/C16H24N2O2S/c1-21(19,20)14-7-5-12(6-8-14)9-18-10-13-3-2-4-16(17)15(13)11-18/h5-8,13,15-16H,2-4,9-11,17H2,1H3. The van der Waals surface area contributed by atoms with Gasteiger partial charge in [-0.25, -0.2) is 8.42 Å². The summed E-state index contributed by atoms with van der Waals surface area (Å²) in [6, 6.07) is 7.64. The molecule has 4 nitrogen and oxygen atoms in total. The molecule has 116 valence electrons. The first-order chi connectivity index (χ1) is 9.93. The van der Waals surface area contributed by atoms with Gasteiger partial charge in [0.1, 0.15) is 0 Å². The fraction of sp³-hybridized carbons (Fsp3) is 0.625. The quantitative estimate of drug-likeness (QED) is 0.922. The lowest BCUT2D eigenvalue weighted by atomic mass is 9.78.